The summed E-state index contributed by atoms with van der Waals surface area (Å²) in [6.45, 7) is 4.05. The van der Waals surface area contributed by atoms with Crippen molar-refractivity contribution < 1.29 is 9.53 Å². The van der Waals surface area contributed by atoms with E-state index in [0.717, 1.165) is 19.4 Å². The monoisotopic (exact) mass is 262 g/mol. The van der Waals surface area contributed by atoms with E-state index >= 15 is 0 Å². The van der Waals surface area contributed by atoms with Crippen LogP contribution in [0.25, 0.3) is 0 Å². The average Bonchev–Trinajstić information content (AvgIpc) is 2.88. The van der Waals surface area contributed by atoms with Crippen molar-refractivity contribution in [2.24, 2.45) is 0 Å². The predicted octanol–water partition coefficient (Wildman–Crippen LogP) is 2.49. The van der Waals surface area contributed by atoms with Gasteiger partial charge in [0.15, 0.2) is 0 Å². The number of amides is 2. The van der Waals surface area contributed by atoms with Gasteiger partial charge < -0.3 is 15.0 Å². The molecule has 0 spiro atoms. The summed E-state index contributed by atoms with van der Waals surface area (Å²) in [5.74, 6) is 0. The maximum Gasteiger partial charge on any atom is 0.317 e. The minimum atomic E-state index is 0.0165. The lowest BCUT2D eigenvalue weighted by atomic mass is 9.99. The molecule has 19 heavy (non-hydrogen) atoms. The first kappa shape index (κ1) is 13.9. The van der Waals surface area contributed by atoms with Gasteiger partial charge in [0.1, 0.15) is 0 Å². The molecule has 4 heteroatoms. The Morgan fingerprint density at radius 3 is 3.00 bits per heavy atom. The molecule has 1 aromatic carbocycles. The SMILES string of the molecule is COCCNC(=O)N1CCC[C@@H]1c1ccccc1C. The van der Waals surface area contributed by atoms with Gasteiger partial charge in [0.05, 0.1) is 12.6 Å². The Labute approximate surface area is 114 Å². The number of nitrogens with one attached hydrogen (secondary N) is 1. The Morgan fingerprint density at radius 2 is 2.26 bits per heavy atom. The van der Waals surface area contributed by atoms with Crippen molar-refractivity contribution in [3.8, 4) is 0 Å². The molecule has 1 fully saturated rings. The van der Waals surface area contributed by atoms with E-state index in [-0.39, 0.29) is 12.1 Å². The maximum absolute atomic E-state index is 12.2. The van der Waals surface area contributed by atoms with E-state index in [1.807, 2.05) is 17.0 Å². The highest BCUT2D eigenvalue weighted by Crippen LogP contribution is 2.33. The molecule has 1 heterocycles. The number of likely N-dealkylation sites (tertiary alicyclic amines) is 1. The van der Waals surface area contributed by atoms with Gasteiger partial charge in [-0.2, -0.15) is 0 Å². The number of aryl methyl sites for hydroxylation is 1. The maximum atomic E-state index is 12.2. The molecule has 0 aliphatic carbocycles. The number of nitrogens with zero attached hydrogens (tertiary/aromatic N) is 1. The van der Waals surface area contributed by atoms with Crippen molar-refractivity contribution in [1.29, 1.82) is 0 Å². The van der Waals surface area contributed by atoms with Crippen LogP contribution in [0.3, 0.4) is 0 Å². The highest BCUT2D eigenvalue weighted by Gasteiger charge is 2.30. The number of methoxy groups -OCH3 is 1. The van der Waals surface area contributed by atoms with Crippen molar-refractivity contribution >= 4 is 6.03 Å². The van der Waals surface area contributed by atoms with Gasteiger partial charge in [0.2, 0.25) is 0 Å². The molecule has 0 unspecified atom stereocenters. The van der Waals surface area contributed by atoms with Gasteiger partial charge in [-0.3, -0.25) is 0 Å². The fraction of sp³-hybridized carbons (Fsp3) is 0.533. The standard InChI is InChI=1S/C15H22N2O2/c1-12-6-3-4-7-13(12)14-8-5-10-17(14)15(18)16-9-11-19-2/h3-4,6-7,14H,5,8-11H2,1-2H3,(H,16,18)/t14-/m1/s1. The molecule has 1 atom stereocenters. The number of rotatable bonds is 4. The van der Waals surface area contributed by atoms with Crippen LogP contribution in [0.4, 0.5) is 4.79 Å². The van der Waals surface area contributed by atoms with Crippen molar-refractivity contribution in [3.63, 3.8) is 0 Å². The van der Waals surface area contributed by atoms with E-state index in [1.165, 1.54) is 11.1 Å². The summed E-state index contributed by atoms with van der Waals surface area (Å²) in [6, 6.07) is 8.54. The molecule has 2 rings (SSSR count). The quantitative estimate of drug-likeness (QED) is 0.847. The molecule has 0 bridgehead atoms. The van der Waals surface area contributed by atoms with Crippen LogP contribution in [0.2, 0.25) is 0 Å². The second-order valence-corrected chi connectivity index (χ2v) is 4.93. The van der Waals surface area contributed by atoms with Crippen molar-refractivity contribution in [2.45, 2.75) is 25.8 Å². The lowest BCUT2D eigenvalue weighted by Gasteiger charge is -2.26. The fourth-order valence-corrected chi connectivity index (χ4v) is 2.66. The number of urea groups is 1. The van der Waals surface area contributed by atoms with E-state index in [4.69, 9.17) is 4.74 Å². The average molecular weight is 262 g/mol. The molecule has 0 saturated carbocycles. The van der Waals surface area contributed by atoms with Gasteiger partial charge >= 0.3 is 6.03 Å². The van der Waals surface area contributed by atoms with E-state index in [9.17, 15) is 4.79 Å². The van der Waals surface area contributed by atoms with Gasteiger partial charge in [-0.05, 0) is 30.9 Å². The molecular weight excluding hydrogens is 240 g/mol. The molecule has 1 saturated heterocycles. The Balaban J connectivity index is 2.05. The summed E-state index contributed by atoms with van der Waals surface area (Å²) in [6.07, 6.45) is 2.11. The summed E-state index contributed by atoms with van der Waals surface area (Å²) in [5, 5.41) is 2.91. The van der Waals surface area contributed by atoms with E-state index in [1.54, 1.807) is 7.11 Å². The second kappa shape index (κ2) is 6.57. The van der Waals surface area contributed by atoms with Crippen LogP contribution in [-0.4, -0.2) is 37.7 Å². The first-order chi connectivity index (χ1) is 9.24. The molecule has 1 aliphatic heterocycles. The predicted molar refractivity (Wildman–Crippen MR) is 75.1 cm³/mol. The molecule has 0 radical (unpaired) electrons. The summed E-state index contributed by atoms with van der Waals surface area (Å²) >= 11 is 0. The summed E-state index contributed by atoms with van der Waals surface area (Å²) in [7, 11) is 1.64. The third-order valence-corrected chi connectivity index (χ3v) is 3.64. The molecule has 4 nitrogen and oxygen atoms in total. The Morgan fingerprint density at radius 1 is 1.47 bits per heavy atom. The number of ether oxygens (including phenoxy) is 1. The van der Waals surface area contributed by atoms with Gasteiger partial charge in [-0.25, -0.2) is 4.79 Å². The highest BCUT2D eigenvalue weighted by atomic mass is 16.5. The zero-order valence-electron chi connectivity index (χ0n) is 11.7. The van der Waals surface area contributed by atoms with Gasteiger partial charge in [-0.15, -0.1) is 0 Å². The Hall–Kier alpha value is -1.55. The topological polar surface area (TPSA) is 41.6 Å². The number of carbonyl (C=O) groups excluding carboxylic acids is 1. The molecule has 104 valence electrons. The first-order valence-electron chi connectivity index (χ1n) is 6.83. The summed E-state index contributed by atoms with van der Waals surface area (Å²) in [4.78, 5) is 14.1. The molecular formula is C15H22N2O2. The van der Waals surface area contributed by atoms with Crippen LogP contribution >= 0.6 is 0 Å². The fourth-order valence-electron chi connectivity index (χ4n) is 2.66. The van der Waals surface area contributed by atoms with E-state index in [0.29, 0.717) is 13.2 Å². The summed E-state index contributed by atoms with van der Waals surface area (Å²) < 4.78 is 4.95. The van der Waals surface area contributed by atoms with Crippen LogP contribution in [-0.2, 0) is 4.74 Å². The first-order valence-corrected chi connectivity index (χ1v) is 6.83. The van der Waals surface area contributed by atoms with E-state index < -0.39 is 0 Å². The third kappa shape index (κ3) is 3.26. The smallest absolute Gasteiger partial charge is 0.317 e. The normalized spacial score (nSPS) is 18.6. The minimum absolute atomic E-state index is 0.0165. The Kier molecular flexibility index (Phi) is 4.80. The number of benzene rings is 1. The van der Waals surface area contributed by atoms with Crippen LogP contribution in [0.5, 0.6) is 0 Å². The van der Waals surface area contributed by atoms with Gasteiger partial charge in [0, 0.05) is 20.2 Å². The molecule has 1 aliphatic rings. The third-order valence-electron chi connectivity index (χ3n) is 3.64. The number of carbonyl (C=O) groups is 1. The van der Waals surface area contributed by atoms with Crippen LogP contribution < -0.4 is 5.32 Å². The second-order valence-electron chi connectivity index (χ2n) is 4.93. The van der Waals surface area contributed by atoms with Crippen molar-refractivity contribution in [2.75, 3.05) is 26.8 Å². The lowest BCUT2D eigenvalue weighted by molar-refractivity contribution is 0.176. The summed E-state index contributed by atoms with van der Waals surface area (Å²) in [5.41, 5.74) is 2.52. The molecule has 0 aromatic heterocycles. The molecule has 1 N–H and O–H groups in total. The zero-order valence-corrected chi connectivity index (χ0v) is 11.7. The number of hydrogen-bond acceptors (Lipinski definition) is 2. The molecule has 2 amide bonds. The number of hydrogen-bond donors (Lipinski definition) is 1. The Bertz CT molecular complexity index is 434. The van der Waals surface area contributed by atoms with Gasteiger partial charge in [-0.1, -0.05) is 24.3 Å². The van der Waals surface area contributed by atoms with Crippen molar-refractivity contribution in [1.82, 2.24) is 10.2 Å². The van der Waals surface area contributed by atoms with Crippen molar-refractivity contribution in [3.05, 3.63) is 35.4 Å². The minimum Gasteiger partial charge on any atom is -0.383 e. The van der Waals surface area contributed by atoms with E-state index in [2.05, 4.69) is 24.4 Å². The zero-order chi connectivity index (χ0) is 13.7. The van der Waals surface area contributed by atoms with Crippen LogP contribution in [0, 0.1) is 6.92 Å². The largest absolute Gasteiger partial charge is 0.383 e. The molecule has 1 aromatic rings. The van der Waals surface area contributed by atoms with Crippen LogP contribution in [0.1, 0.15) is 30.0 Å². The van der Waals surface area contributed by atoms with Crippen LogP contribution in [0.15, 0.2) is 24.3 Å². The highest BCUT2D eigenvalue weighted by molar-refractivity contribution is 5.75. The van der Waals surface area contributed by atoms with Gasteiger partial charge in [0.25, 0.3) is 0 Å². The lowest BCUT2D eigenvalue weighted by Crippen LogP contribution is -2.40.